The van der Waals surface area contributed by atoms with E-state index in [0.717, 1.165) is 0 Å². The largest absolute Gasteiger partial charge is 0.466 e. The molecule has 32 heavy (non-hydrogen) atoms. The van der Waals surface area contributed by atoms with Crippen LogP contribution in [0.4, 0.5) is 5.69 Å². The van der Waals surface area contributed by atoms with Crippen molar-refractivity contribution in [1.29, 1.82) is 0 Å². The summed E-state index contributed by atoms with van der Waals surface area (Å²) in [6.07, 6.45) is 0.107. The summed E-state index contributed by atoms with van der Waals surface area (Å²) in [6, 6.07) is 23.5. The lowest BCUT2D eigenvalue weighted by molar-refractivity contribution is -0.138. The number of ether oxygens (including phenoxy) is 1. The van der Waals surface area contributed by atoms with Crippen LogP contribution in [0.3, 0.4) is 0 Å². The minimum atomic E-state index is -1.37. The van der Waals surface area contributed by atoms with Crippen molar-refractivity contribution in [3.8, 4) is 0 Å². The van der Waals surface area contributed by atoms with Gasteiger partial charge < -0.3 is 9.64 Å². The third-order valence-corrected chi connectivity index (χ3v) is 6.10. The summed E-state index contributed by atoms with van der Waals surface area (Å²) in [5.74, 6) is -1.08. The first-order chi connectivity index (χ1) is 15.4. The van der Waals surface area contributed by atoms with Gasteiger partial charge in [-0.3, -0.25) is 9.59 Å². The molecular weight excluding hydrogens is 402 g/mol. The fraction of sp³-hybridized carbons (Fsp3) is 0.148. The maximum atomic E-state index is 13.7. The lowest BCUT2D eigenvalue weighted by Gasteiger charge is -2.30. The van der Waals surface area contributed by atoms with Gasteiger partial charge in [-0.05, 0) is 23.6 Å². The summed E-state index contributed by atoms with van der Waals surface area (Å²) >= 11 is 0. The van der Waals surface area contributed by atoms with E-state index < -0.39 is 11.4 Å². The van der Waals surface area contributed by atoms with Crippen molar-refractivity contribution in [3.05, 3.63) is 113 Å². The van der Waals surface area contributed by atoms with E-state index in [2.05, 4.69) is 6.58 Å². The van der Waals surface area contributed by atoms with Crippen LogP contribution in [0.5, 0.6) is 0 Å². The van der Waals surface area contributed by atoms with Gasteiger partial charge in [-0.1, -0.05) is 79.4 Å². The van der Waals surface area contributed by atoms with Gasteiger partial charge in [0.1, 0.15) is 5.41 Å². The number of rotatable bonds is 6. The molecule has 0 fully saturated rings. The number of likely N-dealkylation sites (N-methyl/N-ethyl adjacent to an activating group) is 1. The summed E-state index contributed by atoms with van der Waals surface area (Å²) in [7, 11) is 2.94. The average Bonchev–Trinajstić information content (AvgIpc) is 3.06. The van der Waals surface area contributed by atoms with Crippen LogP contribution in [0.25, 0.3) is 0 Å². The van der Waals surface area contributed by atoms with Gasteiger partial charge in [-0.2, -0.15) is 0 Å². The van der Waals surface area contributed by atoms with Gasteiger partial charge in [0.2, 0.25) is 5.91 Å². The van der Waals surface area contributed by atoms with Crippen molar-refractivity contribution in [2.75, 3.05) is 19.1 Å². The van der Waals surface area contributed by atoms with Crippen LogP contribution in [-0.2, 0) is 26.2 Å². The number of benzene rings is 3. The molecule has 0 N–H and O–H groups in total. The molecule has 1 amide bonds. The fourth-order valence-corrected chi connectivity index (χ4v) is 4.43. The zero-order valence-corrected chi connectivity index (χ0v) is 18.0. The summed E-state index contributed by atoms with van der Waals surface area (Å²) in [4.78, 5) is 41.1. The highest BCUT2D eigenvalue weighted by Crippen LogP contribution is 2.48. The lowest BCUT2D eigenvalue weighted by atomic mass is 9.70. The van der Waals surface area contributed by atoms with Crippen molar-refractivity contribution in [1.82, 2.24) is 0 Å². The van der Waals surface area contributed by atoms with E-state index in [1.807, 2.05) is 54.6 Å². The molecule has 0 saturated heterocycles. The van der Waals surface area contributed by atoms with Gasteiger partial charge in [0.15, 0.2) is 5.78 Å². The highest BCUT2D eigenvalue weighted by Gasteiger charge is 2.54. The number of methoxy groups -OCH3 is 1. The van der Waals surface area contributed by atoms with Gasteiger partial charge in [-0.15, -0.1) is 0 Å². The molecule has 1 aliphatic heterocycles. The predicted molar refractivity (Wildman–Crippen MR) is 123 cm³/mol. The Morgan fingerprint density at radius 3 is 2.28 bits per heavy atom. The molecule has 1 atom stereocenters. The van der Waals surface area contributed by atoms with Gasteiger partial charge in [-0.25, -0.2) is 4.79 Å². The second-order valence-corrected chi connectivity index (χ2v) is 7.79. The van der Waals surface area contributed by atoms with Gasteiger partial charge >= 0.3 is 5.97 Å². The summed E-state index contributed by atoms with van der Waals surface area (Å²) in [5.41, 5.74) is 1.74. The molecule has 0 bridgehead atoms. The molecule has 1 aliphatic rings. The quantitative estimate of drug-likeness (QED) is 0.339. The van der Waals surface area contributed by atoms with Gasteiger partial charge in [0.05, 0.1) is 12.7 Å². The second kappa shape index (κ2) is 8.27. The van der Waals surface area contributed by atoms with E-state index in [4.69, 9.17) is 4.74 Å². The topological polar surface area (TPSA) is 63.7 Å². The van der Waals surface area contributed by atoms with Gasteiger partial charge in [0.25, 0.3) is 0 Å². The molecule has 3 aromatic carbocycles. The van der Waals surface area contributed by atoms with E-state index in [1.54, 1.807) is 31.3 Å². The Labute approximate surface area is 186 Å². The van der Waals surface area contributed by atoms with Crippen LogP contribution in [0.1, 0.15) is 27.0 Å². The number of ketones is 1. The molecule has 0 aromatic heterocycles. The molecule has 5 nitrogen and oxygen atoms in total. The van der Waals surface area contributed by atoms with Crippen LogP contribution in [-0.4, -0.2) is 31.8 Å². The van der Waals surface area contributed by atoms with Crippen LogP contribution >= 0.6 is 0 Å². The first kappa shape index (κ1) is 21.2. The summed E-state index contributed by atoms with van der Waals surface area (Å²) in [5, 5.41) is 0. The van der Waals surface area contributed by atoms with Crippen LogP contribution in [0, 0.1) is 0 Å². The Morgan fingerprint density at radius 2 is 1.56 bits per heavy atom. The third kappa shape index (κ3) is 3.23. The number of amides is 1. The third-order valence-electron chi connectivity index (χ3n) is 6.10. The number of hydrogen-bond acceptors (Lipinski definition) is 4. The van der Waals surface area contributed by atoms with Gasteiger partial charge in [0, 0.05) is 23.9 Å². The zero-order valence-electron chi connectivity index (χ0n) is 18.0. The number of hydrogen-bond donors (Lipinski definition) is 0. The van der Waals surface area contributed by atoms with Crippen molar-refractivity contribution < 1.29 is 19.1 Å². The van der Waals surface area contributed by atoms with E-state index in [0.29, 0.717) is 27.9 Å². The summed E-state index contributed by atoms with van der Waals surface area (Å²) < 4.78 is 4.96. The maximum Gasteiger partial charge on any atom is 0.334 e. The SMILES string of the molecule is C=C(C(=O)OC)[C@]1(Cc2ccccc2C(=O)c2ccccc2)C(=O)N(C)c2ccccc21. The molecule has 0 spiro atoms. The number of carbonyl (C=O) groups excluding carboxylic acids is 3. The molecule has 0 aliphatic carbocycles. The molecule has 0 saturated carbocycles. The normalized spacial score (nSPS) is 17.1. The molecular formula is C27H23NO4. The monoisotopic (exact) mass is 425 g/mol. The number of nitrogens with zero attached hydrogens (tertiary/aromatic N) is 1. The number of anilines is 1. The molecule has 160 valence electrons. The zero-order chi connectivity index (χ0) is 22.9. The standard InChI is InChI=1S/C27H23NO4/c1-18(25(30)32-3)27(22-15-9-10-16-23(22)28(2)26(27)31)17-20-13-7-8-14-21(20)24(29)19-11-5-4-6-12-19/h4-16H,1,17H2,2-3H3/t27-/m0/s1. The second-order valence-electron chi connectivity index (χ2n) is 7.79. The molecule has 4 rings (SSSR count). The highest BCUT2D eigenvalue weighted by atomic mass is 16.5. The van der Waals surface area contributed by atoms with E-state index in [1.165, 1.54) is 12.0 Å². The van der Waals surface area contributed by atoms with Crippen LogP contribution in [0.2, 0.25) is 0 Å². The molecule has 1 heterocycles. The van der Waals surface area contributed by atoms with E-state index in [-0.39, 0.29) is 23.7 Å². The molecule has 5 heteroatoms. The number of para-hydroxylation sites is 1. The lowest BCUT2D eigenvalue weighted by Crippen LogP contribution is -2.44. The van der Waals surface area contributed by atoms with Crippen LogP contribution < -0.4 is 4.90 Å². The van der Waals surface area contributed by atoms with E-state index >= 15 is 0 Å². The average molecular weight is 425 g/mol. The smallest absolute Gasteiger partial charge is 0.334 e. The minimum Gasteiger partial charge on any atom is -0.466 e. The predicted octanol–water partition coefficient (Wildman–Crippen LogP) is 4.10. The number of carbonyl (C=O) groups is 3. The Kier molecular flexibility index (Phi) is 5.49. The molecule has 0 radical (unpaired) electrons. The minimum absolute atomic E-state index is 0.0452. The molecule has 3 aromatic rings. The Hall–Kier alpha value is -3.99. The summed E-state index contributed by atoms with van der Waals surface area (Å²) in [6.45, 7) is 3.99. The van der Waals surface area contributed by atoms with Crippen molar-refractivity contribution in [3.63, 3.8) is 0 Å². The van der Waals surface area contributed by atoms with E-state index in [9.17, 15) is 14.4 Å². The maximum absolute atomic E-state index is 13.7. The Bertz CT molecular complexity index is 1230. The number of fused-ring (bicyclic) bond motifs is 1. The van der Waals surface area contributed by atoms with Crippen molar-refractivity contribution in [2.24, 2.45) is 0 Å². The van der Waals surface area contributed by atoms with Crippen molar-refractivity contribution in [2.45, 2.75) is 11.8 Å². The Balaban J connectivity index is 1.89. The van der Waals surface area contributed by atoms with Crippen LogP contribution in [0.15, 0.2) is 91.0 Å². The number of esters is 1. The van der Waals surface area contributed by atoms with Crippen molar-refractivity contribution >= 4 is 23.3 Å². The first-order valence-corrected chi connectivity index (χ1v) is 10.2. The molecule has 0 unspecified atom stereocenters. The first-order valence-electron chi connectivity index (χ1n) is 10.2. The highest BCUT2D eigenvalue weighted by molar-refractivity contribution is 6.15. The fourth-order valence-electron chi connectivity index (χ4n) is 4.43. The Morgan fingerprint density at radius 1 is 0.938 bits per heavy atom.